The molecule has 1 fully saturated rings. The number of anilines is 1. The highest BCUT2D eigenvalue weighted by atomic mass is 32.2. The number of hydrogen-bond acceptors (Lipinski definition) is 4. The van der Waals surface area contributed by atoms with Crippen molar-refractivity contribution >= 4 is 15.5 Å². The number of piperidine rings is 1. The second kappa shape index (κ2) is 6.14. The van der Waals surface area contributed by atoms with Gasteiger partial charge >= 0.3 is 0 Å². The molecule has 0 unspecified atom stereocenters. The van der Waals surface area contributed by atoms with E-state index in [0.717, 1.165) is 38.2 Å². The van der Waals surface area contributed by atoms with Gasteiger partial charge in [-0.1, -0.05) is 26.0 Å². The highest BCUT2D eigenvalue weighted by Gasteiger charge is 2.27. The first-order valence-electron chi connectivity index (χ1n) is 7.23. The molecular formula is C15H24N2O2S. The maximum Gasteiger partial charge on any atom is 0.180 e. The molecule has 1 aliphatic rings. The van der Waals surface area contributed by atoms with Gasteiger partial charge in [-0.3, -0.25) is 0 Å². The van der Waals surface area contributed by atoms with Crippen molar-refractivity contribution in [1.82, 2.24) is 5.32 Å². The minimum Gasteiger partial charge on any atom is -0.383 e. The molecule has 0 amide bonds. The van der Waals surface area contributed by atoms with E-state index in [1.165, 1.54) is 0 Å². The van der Waals surface area contributed by atoms with Crippen LogP contribution in [0.3, 0.4) is 0 Å². The first kappa shape index (κ1) is 15.3. The largest absolute Gasteiger partial charge is 0.383 e. The lowest BCUT2D eigenvalue weighted by atomic mass is 9.81. The zero-order valence-electron chi connectivity index (χ0n) is 12.3. The zero-order valence-corrected chi connectivity index (χ0v) is 13.1. The van der Waals surface area contributed by atoms with Gasteiger partial charge in [-0.15, -0.1) is 0 Å². The summed E-state index contributed by atoms with van der Waals surface area (Å²) in [5.74, 6) is 0.132. The summed E-state index contributed by atoms with van der Waals surface area (Å²) in [5, 5.41) is 6.72. The van der Waals surface area contributed by atoms with Gasteiger partial charge in [0.25, 0.3) is 0 Å². The number of para-hydroxylation sites is 1. The summed E-state index contributed by atoms with van der Waals surface area (Å²) in [6, 6.07) is 7.20. The van der Waals surface area contributed by atoms with Crippen molar-refractivity contribution in [3.05, 3.63) is 24.3 Å². The third-order valence-corrected chi connectivity index (χ3v) is 5.90. The van der Waals surface area contributed by atoms with Gasteiger partial charge in [0.15, 0.2) is 9.84 Å². The van der Waals surface area contributed by atoms with Crippen LogP contribution in [0.1, 0.15) is 26.7 Å². The Balaban J connectivity index is 2.14. The molecule has 0 spiro atoms. The van der Waals surface area contributed by atoms with Crippen molar-refractivity contribution in [2.45, 2.75) is 31.6 Å². The molecule has 0 saturated carbocycles. The van der Waals surface area contributed by atoms with Gasteiger partial charge in [0.05, 0.1) is 16.3 Å². The number of benzene rings is 1. The molecule has 2 rings (SSSR count). The topological polar surface area (TPSA) is 58.2 Å². The van der Waals surface area contributed by atoms with Crippen LogP contribution in [0, 0.1) is 5.41 Å². The molecule has 1 saturated heterocycles. The highest BCUT2D eigenvalue weighted by molar-refractivity contribution is 7.91. The van der Waals surface area contributed by atoms with Crippen molar-refractivity contribution < 1.29 is 8.42 Å². The van der Waals surface area contributed by atoms with Crippen LogP contribution >= 0.6 is 0 Å². The molecule has 1 aromatic carbocycles. The van der Waals surface area contributed by atoms with Crippen LogP contribution in [0.4, 0.5) is 5.69 Å². The van der Waals surface area contributed by atoms with Gasteiger partial charge in [-0.05, 0) is 43.5 Å². The van der Waals surface area contributed by atoms with E-state index < -0.39 is 9.84 Å². The summed E-state index contributed by atoms with van der Waals surface area (Å²) in [6.45, 7) is 6.82. The Bertz CT molecular complexity index is 549. The van der Waals surface area contributed by atoms with E-state index in [-0.39, 0.29) is 11.2 Å². The summed E-state index contributed by atoms with van der Waals surface area (Å²) in [4.78, 5) is 0.417. The summed E-state index contributed by atoms with van der Waals surface area (Å²) in [6.07, 6.45) is 2.23. The number of nitrogens with one attached hydrogen (secondary N) is 2. The van der Waals surface area contributed by atoms with E-state index in [9.17, 15) is 8.42 Å². The molecule has 20 heavy (non-hydrogen) atoms. The summed E-state index contributed by atoms with van der Waals surface area (Å²) < 4.78 is 24.2. The Morgan fingerprint density at radius 3 is 2.55 bits per heavy atom. The molecule has 1 aliphatic heterocycles. The smallest absolute Gasteiger partial charge is 0.180 e. The van der Waals surface area contributed by atoms with E-state index in [0.29, 0.717) is 4.90 Å². The van der Waals surface area contributed by atoms with Crippen LogP contribution in [-0.4, -0.2) is 33.8 Å². The Morgan fingerprint density at radius 2 is 1.90 bits per heavy atom. The fraction of sp³-hybridized carbons (Fsp3) is 0.600. The number of sulfone groups is 1. The summed E-state index contributed by atoms with van der Waals surface area (Å²) in [7, 11) is -3.18. The molecule has 0 radical (unpaired) electrons. The SMILES string of the molecule is CCS(=O)(=O)c1ccccc1NCC1(C)CCNCC1. The molecule has 0 aliphatic carbocycles. The molecule has 5 heteroatoms. The van der Waals surface area contributed by atoms with Gasteiger partial charge in [0.2, 0.25) is 0 Å². The van der Waals surface area contributed by atoms with Gasteiger partial charge in [-0.25, -0.2) is 8.42 Å². The molecular weight excluding hydrogens is 272 g/mol. The fourth-order valence-electron chi connectivity index (χ4n) is 2.56. The molecule has 1 heterocycles. The van der Waals surface area contributed by atoms with Gasteiger partial charge in [-0.2, -0.15) is 0 Å². The maximum absolute atomic E-state index is 12.1. The predicted molar refractivity (Wildman–Crippen MR) is 82.9 cm³/mol. The lowest BCUT2D eigenvalue weighted by molar-refractivity contribution is 0.247. The molecule has 112 valence electrons. The second-order valence-electron chi connectivity index (χ2n) is 5.81. The van der Waals surface area contributed by atoms with E-state index in [1.807, 2.05) is 12.1 Å². The Labute approximate surface area is 121 Å². The van der Waals surface area contributed by atoms with Crippen molar-refractivity contribution in [2.24, 2.45) is 5.41 Å². The van der Waals surface area contributed by atoms with Crippen molar-refractivity contribution in [2.75, 3.05) is 30.7 Å². The average Bonchev–Trinajstić information content (AvgIpc) is 2.46. The van der Waals surface area contributed by atoms with Gasteiger partial charge in [0, 0.05) is 6.54 Å². The molecule has 0 bridgehead atoms. The summed E-state index contributed by atoms with van der Waals surface area (Å²) >= 11 is 0. The first-order valence-corrected chi connectivity index (χ1v) is 8.88. The summed E-state index contributed by atoms with van der Waals surface area (Å²) in [5.41, 5.74) is 0.961. The van der Waals surface area contributed by atoms with E-state index in [2.05, 4.69) is 17.6 Å². The van der Waals surface area contributed by atoms with Crippen LogP contribution in [-0.2, 0) is 9.84 Å². The van der Waals surface area contributed by atoms with Gasteiger partial charge in [0.1, 0.15) is 0 Å². The average molecular weight is 296 g/mol. The predicted octanol–water partition coefficient (Wildman–Crippen LogP) is 2.28. The van der Waals surface area contributed by atoms with Crippen LogP contribution in [0.15, 0.2) is 29.2 Å². The molecule has 1 aromatic rings. The van der Waals surface area contributed by atoms with Crippen LogP contribution in [0.25, 0.3) is 0 Å². The maximum atomic E-state index is 12.1. The quantitative estimate of drug-likeness (QED) is 0.875. The van der Waals surface area contributed by atoms with E-state index >= 15 is 0 Å². The third kappa shape index (κ3) is 3.52. The van der Waals surface area contributed by atoms with Crippen molar-refractivity contribution in [1.29, 1.82) is 0 Å². The van der Waals surface area contributed by atoms with Crippen LogP contribution in [0.5, 0.6) is 0 Å². The standard InChI is InChI=1S/C15H24N2O2S/c1-3-20(18,19)14-7-5-4-6-13(14)17-12-15(2)8-10-16-11-9-15/h4-7,16-17H,3,8-12H2,1-2H3. The van der Waals surface area contributed by atoms with E-state index in [1.54, 1.807) is 19.1 Å². The fourth-order valence-corrected chi connectivity index (χ4v) is 3.63. The zero-order chi connectivity index (χ0) is 14.6. The van der Waals surface area contributed by atoms with E-state index in [4.69, 9.17) is 0 Å². The lowest BCUT2D eigenvalue weighted by Gasteiger charge is -2.34. The molecule has 4 nitrogen and oxygen atoms in total. The number of rotatable bonds is 5. The number of hydrogen-bond donors (Lipinski definition) is 2. The second-order valence-corrected chi connectivity index (χ2v) is 8.06. The van der Waals surface area contributed by atoms with Crippen LogP contribution in [0.2, 0.25) is 0 Å². The minimum atomic E-state index is -3.18. The molecule has 0 atom stereocenters. The Kier molecular flexibility index (Phi) is 4.70. The Morgan fingerprint density at radius 1 is 1.25 bits per heavy atom. The minimum absolute atomic E-state index is 0.132. The first-order chi connectivity index (χ1) is 9.47. The van der Waals surface area contributed by atoms with Gasteiger partial charge < -0.3 is 10.6 Å². The normalized spacial score (nSPS) is 18.7. The van der Waals surface area contributed by atoms with Crippen molar-refractivity contribution in [3.63, 3.8) is 0 Å². The monoisotopic (exact) mass is 296 g/mol. The van der Waals surface area contributed by atoms with Crippen molar-refractivity contribution in [3.8, 4) is 0 Å². The molecule has 0 aromatic heterocycles. The van der Waals surface area contributed by atoms with Crippen LogP contribution < -0.4 is 10.6 Å². The third-order valence-electron chi connectivity index (χ3n) is 4.12. The molecule has 2 N–H and O–H groups in total. The Hall–Kier alpha value is -1.07. The lowest BCUT2D eigenvalue weighted by Crippen LogP contribution is -2.39. The highest BCUT2D eigenvalue weighted by Crippen LogP contribution is 2.30.